The summed E-state index contributed by atoms with van der Waals surface area (Å²) in [6, 6.07) is 13.4. The van der Waals surface area contributed by atoms with E-state index in [1.54, 1.807) is 21.6 Å². The van der Waals surface area contributed by atoms with Gasteiger partial charge in [0, 0.05) is 32.4 Å². The van der Waals surface area contributed by atoms with Crippen molar-refractivity contribution in [1.29, 1.82) is 0 Å². The quantitative estimate of drug-likeness (QED) is 0.396. The topological polar surface area (TPSA) is 61.2 Å². The molecule has 0 radical (unpaired) electrons. The lowest BCUT2D eigenvalue weighted by Gasteiger charge is -2.34. The van der Waals surface area contributed by atoms with E-state index in [1.807, 2.05) is 56.3 Å². The van der Waals surface area contributed by atoms with Gasteiger partial charge in [-0.05, 0) is 44.2 Å². The van der Waals surface area contributed by atoms with Gasteiger partial charge in [-0.2, -0.15) is 0 Å². The fraction of sp³-hybridized carbons (Fsp3) is 0.308. The highest BCUT2D eigenvalue weighted by Gasteiger charge is 2.36. The Bertz CT molecular complexity index is 1390. The molecule has 3 aromatic rings. The van der Waals surface area contributed by atoms with E-state index in [0.29, 0.717) is 26.3 Å². The predicted octanol–water partition coefficient (Wildman–Crippen LogP) is 3.72. The largest absolute Gasteiger partial charge is 0.353 e. The van der Waals surface area contributed by atoms with Crippen LogP contribution in [0.4, 0.5) is 5.82 Å². The maximum atomic E-state index is 13.7. The molecule has 2 saturated heterocycles. The Morgan fingerprint density at radius 3 is 2.49 bits per heavy atom. The number of fused-ring (bicyclic) bond motifs is 1. The number of nitrogens with zero attached hydrogens (tertiary/aromatic N) is 5. The molecular formula is C26H27N5O2S2. The van der Waals surface area contributed by atoms with Crippen molar-refractivity contribution >= 4 is 51.7 Å². The summed E-state index contributed by atoms with van der Waals surface area (Å²) in [5.41, 5.74) is 2.80. The lowest BCUT2D eigenvalue weighted by Crippen LogP contribution is -2.45. The third kappa shape index (κ3) is 4.39. The first-order valence-corrected chi connectivity index (χ1v) is 12.8. The first-order valence-electron chi connectivity index (χ1n) is 11.6. The number of rotatable bonds is 4. The van der Waals surface area contributed by atoms with Gasteiger partial charge in [0.15, 0.2) is 0 Å². The van der Waals surface area contributed by atoms with E-state index in [2.05, 4.69) is 16.8 Å². The number of aryl methyl sites for hydroxylation is 1. The van der Waals surface area contributed by atoms with Crippen molar-refractivity contribution in [2.24, 2.45) is 0 Å². The van der Waals surface area contributed by atoms with Gasteiger partial charge >= 0.3 is 0 Å². The second-order valence-corrected chi connectivity index (χ2v) is 10.6. The van der Waals surface area contributed by atoms with Crippen molar-refractivity contribution in [3.8, 4) is 0 Å². The number of hydrogen-bond acceptors (Lipinski definition) is 7. The highest BCUT2D eigenvalue weighted by atomic mass is 32.2. The number of thiocarbonyl (C=S) groups is 1. The summed E-state index contributed by atoms with van der Waals surface area (Å²) in [4.78, 5) is 38.6. The van der Waals surface area contributed by atoms with Crippen LogP contribution in [-0.4, -0.2) is 62.6 Å². The van der Waals surface area contributed by atoms with Crippen LogP contribution in [-0.2, 0) is 4.79 Å². The molecule has 0 bridgehead atoms. The number of benzene rings is 1. The molecule has 0 spiro atoms. The van der Waals surface area contributed by atoms with E-state index in [9.17, 15) is 9.59 Å². The molecule has 0 N–H and O–H groups in total. The summed E-state index contributed by atoms with van der Waals surface area (Å²) in [7, 11) is 2.09. The average molecular weight is 506 g/mol. The summed E-state index contributed by atoms with van der Waals surface area (Å²) in [6.07, 6.45) is 3.42. The van der Waals surface area contributed by atoms with Crippen LogP contribution in [0.5, 0.6) is 0 Å². The van der Waals surface area contributed by atoms with Gasteiger partial charge in [0.25, 0.3) is 11.5 Å². The second-order valence-electron chi connectivity index (χ2n) is 8.97. The molecule has 2 aliphatic heterocycles. The number of likely N-dealkylation sites (N-methyl/N-ethyl adjacent to an activating group) is 1. The van der Waals surface area contributed by atoms with Crippen molar-refractivity contribution in [3.05, 3.63) is 80.6 Å². The molecule has 2 fully saturated rings. The molecule has 180 valence electrons. The lowest BCUT2D eigenvalue weighted by molar-refractivity contribution is -0.123. The molecule has 4 heterocycles. The zero-order chi connectivity index (χ0) is 24.7. The molecule has 1 aromatic carbocycles. The van der Waals surface area contributed by atoms with E-state index >= 15 is 0 Å². The van der Waals surface area contributed by atoms with Gasteiger partial charge in [-0.3, -0.25) is 18.9 Å². The van der Waals surface area contributed by atoms with E-state index in [0.717, 1.165) is 37.3 Å². The molecule has 0 saturated carbocycles. The molecule has 35 heavy (non-hydrogen) atoms. The van der Waals surface area contributed by atoms with Crippen LogP contribution in [0, 0.1) is 6.92 Å². The van der Waals surface area contributed by atoms with Gasteiger partial charge in [0.1, 0.15) is 15.8 Å². The fourth-order valence-corrected chi connectivity index (χ4v) is 5.91. The molecule has 1 unspecified atom stereocenters. The minimum absolute atomic E-state index is 0.186. The van der Waals surface area contributed by atoms with Gasteiger partial charge in [0.2, 0.25) is 0 Å². The summed E-state index contributed by atoms with van der Waals surface area (Å²) in [6.45, 7) is 7.20. The third-order valence-corrected chi connectivity index (χ3v) is 7.97. The molecule has 9 heteroatoms. The molecular weight excluding hydrogens is 478 g/mol. The molecule has 0 aliphatic carbocycles. The van der Waals surface area contributed by atoms with Crippen LogP contribution in [0.15, 0.2) is 58.4 Å². The Kier molecular flexibility index (Phi) is 6.48. The number of aromatic nitrogens is 2. The zero-order valence-corrected chi connectivity index (χ0v) is 21.6. The van der Waals surface area contributed by atoms with Crippen molar-refractivity contribution in [1.82, 2.24) is 19.2 Å². The van der Waals surface area contributed by atoms with Crippen LogP contribution in [0.25, 0.3) is 11.7 Å². The minimum atomic E-state index is -0.204. The number of pyridine rings is 1. The fourth-order valence-electron chi connectivity index (χ4n) is 4.51. The Balaban J connectivity index is 1.60. The average Bonchev–Trinajstić information content (AvgIpc) is 3.14. The highest BCUT2D eigenvalue weighted by molar-refractivity contribution is 8.26. The van der Waals surface area contributed by atoms with Crippen molar-refractivity contribution in [3.63, 3.8) is 0 Å². The van der Waals surface area contributed by atoms with E-state index < -0.39 is 0 Å². The standard InChI is InChI=1S/C26H27N5O2S2/c1-17-8-7-11-30-22(17)27-23(29-14-12-28(3)13-15-29)20(24(30)32)16-21-25(33)31(26(34)35-21)18(2)19-9-5-4-6-10-19/h4-11,16,18H,12-15H2,1-3H3. The summed E-state index contributed by atoms with van der Waals surface area (Å²) in [5, 5.41) is 0. The molecule has 5 rings (SSSR count). The lowest BCUT2D eigenvalue weighted by atomic mass is 10.1. The van der Waals surface area contributed by atoms with Crippen LogP contribution in [0.3, 0.4) is 0 Å². The van der Waals surface area contributed by atoms with E-state index in [4.69, 9.17) is 17.2 Å². The minimum Gasteiger partial charge on any atom is -0.353 e. The van der Waals surface area contributed by atoms with Gasteiger partial charge in [-0.1, -0.05) is 60.4 Å². The van der Waals surface area contributed by atoms with E-state index in [-0.39, 0.29) is 17.5 Å². The summed E-state index contributed by atoms with van der Waals surface area (Å²) < 4.78 is 2.05. The SMILES string of the molecule is Cc1cccn2c(=O)c(C=C3SC(=S)N(C(C)c4ccccc4)C3=O)c(N3CCN(C)CC3)nc12. The smallest absolute Gasteiger partial charge is 0.267 e. The highest BCUT2D eigenvalue weighted by Crippen LogP contribution is 2.38. The Hall–Kier alpha value is -3.01. The zero-order valence-electron chi connectivity index (χ0n) is 20.0. The number of carbonyl (C=O) groups excluding carboxylic acids is 1. The molecule has 2 aliphatic rings. The summed E-state index contributed by atoms with van der Waals surface area (Å²) >= 11 is 6.84. The monoisotopic (exact) mass is 505 g/mol. The first-order chi connectivity index (χ1) is 16.8. The third-order valence-electron chi connectivity index (χ3n) is 6.64. The number of carbonyl (C=O) groups is 1. The van der Waals surface area contributed by atoms with Gasteiger partial charge < -0.3 is 9.80 Å². The number of hydrogen-bond donors (Lipinski definition) is 0. The predicted molar refractivity (Wildman–Crippen MR) is 146 cm³/mol. The van der Waals surface area contributed by atoms with Crippen LogP contribution in [0.1, 0.15) is 29.7 Å². The molecule has 1 amide bonds. The van der Waals surface area contributed by atoms with Gasteiger partial charge in [0.05, 0.1) is 16.5 Å². The number of amides is 1. The van der Waals surface area contributed by atoms with Crippen LogP contribution >= 0.6 is 24.0 Å². The summed E-state index contributed by atoms with van der Waals surface area (Å²) in [5.74, 6) is 0.438. The normalized spacial score (nSPS) is 19.2. The number of piperazine rings is 1. The van der Waals surface area contributed by atoms with Crippen molar-refractivity contribution < 1.29 is 4.79 Å². The van der Waals surface area contributed by atoms with Gasteiger partial charge in [-0.25, -0.2) is 4.98 Å². The second kappa shape index (κ2) is 9.56. The molecule has 1 atom stereocenters. The van der Waals surface area contributed by atoms with Gasteiger partial charge in [-0.15, -0.1) is 0 Å². The maximum Gasteiger partial charge on any atom is 0.267 e. The van der Waals surface area contributed by atoms with Crippen molar-refractivity contribution in [2.45, 2.75) is 19.9 Å². The number of thioether (sulfide) groups is 1. The maximum absolute atomic E-state index is 13.7. The van der Waals surface area contributed by atoms with Crippen molar-refractivity contribution in [2.75, 3.05) is 38.1 Å². The van der Waals surface area contributed by atoms with Crippen LogP contribution in [0.2, 0.25) is 0 Å². The van der Waals surface area contributed by atoms with Crippen LogP contribution < -0.4 is 10.5 Å². The first kappa shape index (κ1) is 23.7. The molecule has 7 nitrogen and oxygen atoms in total. The number of anilines is 1. The Morgan fingerprint density at radius 1 is 1.06 bits per heavy atom. The molecule has 2 aromatic heterocycles. The Morgan fingerprint density at radius 2 is 1.77 bits per heavy atom. The van der Waals surface area contributed by atoms with E-state index in [1.165, 1.54) is 11.8 Å². The Labute approximate surface area is 214 Å².